The molecule has 0 N–H and O–H groups in total. The van der Waals surface area contributed by atoms with E-state index in [1.54, 1.807) is 24.3 Å². The first-order chi connectivity index (χ1) is 14.6. The average Bonchev–Trinajstić information content (AvgIpc) is 3.40. The molecule has 3 aliphatic rings. The van der Waals surface area contributed by atoms with E-state index in [1.165, 1.54) is 4.90 Å². The second-order valence-corrected chi connectivity index (χ2v) is 8.50. The van der Waals surface area contributed by atoms with E-state index in [4.69, 9.17) is 4.74 Å². The van der Waals surface area contributed by atoms with Gasteiger partial charge in [-0.1, -0.05) is 6.92 Å². The van der Waals surface area contributed by atoms with Crippen molar-refractivity contribution in [2.24, 2.45) is 5.92 Å². The molecular formula is C23H31N3O4. The standard InChI is InChI=1S/C23H31N3O4/c1-2-14-30-19-9-7-18(8-10-19)26-21(27)15-20(23(26)29)25-13-5-6-17(16-25)22(28)24-11-3-4-12-24/h7-10,17,20H,2-6,11-16H2,1H3/t17-,20+/m1/s1. The number of carbonyl (C=O) groups is 3. The lowest BCUT2D eigenvalue weighted by molar-refractivity contribution is -0.137. The predicted octanol–water partition coefficient (Wildman–Crippen LogP) is 2.44. The number of piperidine rings is 1. The summed E-state index contributed by atoms with van der Waals surface area (Å²) in [5.41, 5.74) is 0.582. The van der Waals surface area contributed by atoms with Gasteiger partial charge in [0, 0.05) is 19.6 Å². The highest BCUT2D eigenvalue weighted by molar-refractivity contribution is 6.22. The number of hydrogen-bond donors (Lipinski definition) is 0. The van der Waals surface area contributed by atoms with E-state index < -0.39 is 6.04 Å². The van der Waals surface area contributed by atoms with Crippen molar-refractivity contribution in [3.05, 3.63) is 24.3 Å². The number of imide groups is 1. The van der Waals surface area contributed by atoms with Crippen LogP contribution in [0.4, 0.5) is 5.69 Å². The number of rotatable bonds is 6. The minimum absolute atomic E-state index is 0.0659. The molecule has 0 unspecified atom stereocenters. The molecule has 3 saturated heterocycles. The molecule has 0 bridgehead atoms. The van der Waals surface area contributed by atoms with E-state index in [1.807, 2.05) is 11.8 Å². The molecule has 0 spiro atoms. The molecule has 0 aromatic heterocycles. The van der Waals surface area contributed by atoms with Gasteiger partial charge in [0.1, 0.15) is 5.75 Å². The topological polar surface area (TPSA) is 70.2 Å². The van der Waals surface area contributed by atoms with Gasteiger partial charge in [-0.3, -0.25) is 19.3 Å². The van der Waals surface area contributed by atoms with Crippen molar-refractivity contribution in [1.82, 2.24) is 9.80 Å². The van der Waals surface area contributed by atoms with Crippen molar-refractivity contribution in [2.75, 3.05) is 37.7 Å². The Kier molecular flexibility index (Phi) is 6.37. The van der Waals surface area contributed by atoms with Crippen molar-refractivity contribution in [1.29, 1.82) is 0 Å². The van der Waals surface area contributed by atoms with Crippen molar-refractivity contribution in [3.63, 3.8) is 0 Å². The molecule has 0 radical (unpaired) electrons. The summed E-state index contributed by atoms with van der Waals surface area (Å²) in [5, 5.41) is 0. The maximum absolute atomic E-state index is 13.1. The van der Waals surface area contributed by atoms with Gasteiger partial charge in [-0.25, -0.2) is 4.90 Å². The number of likely N-dealkylation sites (tertiary alicyclic amines) is 2. The van der Waals surface area contributed by atoms with Gasteiger partial charge < -0.3 is 9.64 Å². The summed E-state index contributed by atoms with van der Waals surface area (Å²) in [6.45, 7) is 5.70. The first-order valence-corrected chi connectivity index (χ1v) is 11.2. The predicted molar refractivity (Wildman–Crippen MR) is 113 cm³/mol. The number of amides is 3. The van der Waals surface area contributed by atoms with Gasteiger partial charge in [0.25, 0.3) is 5.91 Å². The Morgan fingerprint density at radius 3 is 2.50 bits per heavy atom. The van der Waals surface area contributed by atoms with Gasteiger partial charge in [0.15, 0.2) is 0 Å². The number of nitrogens with zero attached hydrogens (tertiary/aromatic N) is 3. The average molecular weight is 414 g/mol. The number of hydrogen-bond acceptors (Lipinski definition) is 5. The van der Waals surface area contributed by atoms with Crippen LogP contribution in [0.1, 0.15) is 45.4 Å². The molecule has 3 fully saturated rings. The molecule has 30 heavy (non-hydrogen) atoms. The van der Waals surface area contributed by atoms with Crippen LogP contribution in [-0.2, 0) is 14.4 Å². The van der Waals surface area contributed by atoms with Crippen LogP contribution >= 0.6 is 0 Å². The SMILES string of the molecule is CCCOc1ccc(N2C(=O)C[C@H](N3CCC[C@@H](C(=O)N4CCCC4)C3)C2=O)cc1. The van der Waals surface area contributed by atoms with Crippen LogP contribution in [0, 0.1) is 5.92 Å². The van der Waals surface area contributed by atoms with Crippen molar-refractivity contribution < 1.29 is 19.1 Å². The Bertz CT molecular complexity index is 788. The zero-order valence-corrected chi connectivity index (χ0v) is 17.7. The fraction of sp³-hybridized carbons (Fsp3) is 0.609. The van der Waals surface area contributed by atoms with E-state index in [-0.39, 0.29) is 30.1 Å². The van der Waals surface area contributed by atoms with E-state index in [2.05, 4.69) is 4.90 Å². The van der Waals surface area contributed by atoms with Crippen LogP contribution in [0.3, 0.4) is 0 Å². The molecule has 4 rings (SSSR count). The highest BCUT2D eigenvalue weighted by atomic mass is 16.5. The molecule has 3 aliphatic heterocycles. The number of ether oxygens (including phenoxy) is 1. The minimum atomic E-state index is -0.470. The molecule has 162 valence electrons. The molecule has 7 nitrogen and oxygen atoms in total. The largest absolute Gasteiger partial charge is 0.494 e. The van der Waals surface area contributed by atoms with Crippen LogP contribution in [0.5, 0.6) is 5.75 Å². The summed E-state index contributed by atoms with van der Waals surface area (Å²) < 4.78 is 5.59. The van der Waals surface area contributed by atoms with Crippen molar-refractivity contribution >= 4 is 23.4 Å². The molecule has 0 aliphatic carbocycles. The molecular weight excluding hydrogens is 382 g/mol. The van der Waals surface area contributed by atoms with Gasteiger partial charge in [-0.15, -0.1) is 0 Å². The van der Waals surface area contributed by atoms with E-state index in [0.717, 1.165) is 57.5 Å². The quantitative estimate of drug-likeness (QED) is 0.670. The lowest BCUT2D eigenvalue weighted by Gasteiger charge is -2.36. The second-order valence-electron chi connectivity index (χ2n) is 8.50. The van der Waals surface area contributed by atoms with Crippen LogP contribution in [0.15, 0.2) is 24.3 Å². The van der Waals surface area contributed by atoms with Crippen LogP contribution in [0.25, 0.3) is 0 Å². The first kappa shape index (κ1) is 20.8. The number of anilines is 1. The smallest absolute Gasteiger partial charge is 0.251 e. The third-order valence-corrected chi connectivity index (χ3v) is 6.35. The first-order valence-electron chi connectivity index (χ1n) is 11.2. The molecule has 7 heteroatoms. The minimum Gasteiger partial charge on any atom is -0.494 e. The van der Waals surface area contributed by atoms with Gasteiger partial charge in [-0.2, -0.15) is 0 Å². The van der Waals surface area contributed by atoms with E-state index in [0.29, 0.717) is 18.8 Å². The normalized spacial score (nSPS) is 25.2. The number of benzene rings is 1. The zero-order chi connectivity index (χ0) is 21.1. The third-order valence-electron chi connectivity index (χ3n) is 6.35. The summed E-state index contributed by atoms with van der Waals surface area (Å²) in [6.07, 6.45) is 5.00. The van der Waals surface area contributed by atoms with Gasteiger partial charge in [0.2, 0.25) is 11.8 Å². The third kappa shape index (κ3) is 4.21. The second kappa shape index (κ2) is 9.16. The van der Waals surface area contributed by atoms with Crippen molar-refractivity contribution in [3.8, 4) is 5.75 Å². The molecule has 1 aromatic carbocycles. The van der Waals surface area contributed by atoms with Gasteiger partial charge >= 0.3 is 0 Å². The Morgan fingerprint density at radius 2 is 1.80 bits per heavy atom. The fourth-order valence-corrected chi connectivity index (χ4v) is 4.77. The summed E-state index contributed by atoms with van der Waals surface area (Å²) in [4.78, 5) is 44.0. The molecule has 3 heterocycles. The fourth-order valence-electron chi connectivity index (χ4n) is 4.77. The Morgan fingerprint density at radius 1 is 1.07 bits per heavy atom. The van der Waals surface area contributed by atoms with Gasteiger partial charge in [-0.05, 0) is 62.9 Å². The monoisotopic (exact) mass is 413 g/mol. The van der Waals surface area contributed by atoms with E-state index >= 15 is 0 Å². The summed E-state index contributed by atoms with van der Waals surface area (Å²) in [5.74, 6) is 0.518. The summed E-state index contributed by atoms with van der Waals surface area (Å²) >= 11 is 0. The lowest BCUT2D eigenvalue weighted by atomic mass is 9.95. The number of carbonyl (C=O) groups excluding carboxylic acids is 3. The highest BCUT2D eigenvalue weighted by Crippen LogP contribution is 2.30. The van der Waals surface area contributed by atoms with Crippen LogP contribution in [0.2, 0.25) is 0 Å². The Labute approximate surface area is 177 Å². The maximum atomic E-state index is 13.1. The zero-order valence-electron chi connectivity index (χ0n) is 17.7. The summed E-state index contributed by atoms with van der Waals surface area (Å²) in [6, 6.07) is 6.65. The molecule has 2 atom stereocenters. The molecule has 3 amide bonds. The van der Waals surface area contributed by atoms with E-state index in [9.17, 15) is 14.4 Å². The van der Waals surface area contributed by atoms with Gasteiger partial charge in [0.05, 0.1) is 30.7 Å². The van der Waals surface area contributed by atoms with Crippen LogP contribution < -0.4 is 9.64 Å². The van der Waals surface area contributed by atoms with Crippen LogP contribution in [-0.4, -0.2) is 66.3 Å². The highest BCUT2D eigenvalue weighted by Gasteiger charge is 2.44. The molecule has 1 aromatic rings. The summed E-state index contributed by atoms with van der Waals surface area (Å²) in [7, 11) is 0. The van der Waals surface area contributed by atoms with Crippen molar-refractivity contribution in [2.45, 2.75) is 51.5 Å². The molecule has 0 saturated carbocycles. The maximum Gasteiger partial charge on any atom is 0.251 e. The Hall–Kier alpha value is -2.41. The Balaban J connectivity index is 1.42. The lowest BCUT2D eigenvalue weighted by Crippen LogP contribution is -2.50.